The molecule has 2 bridgehead atoms. The number of morpholine rings is 1. The lowest BCUT2D eigenvalue weighted by Crippen LogP contribution is -2.52. The van der Waals surface area contributed by atoms with Crippen LogP contribution in [0.4, 0.5) is 11.4 Å². The summed E-state index contributed by atoms with van der Waals surface area (Å²) in [4.78, 5) is 25.3. The largest absolute Gasteiger partial charge is 0.508 e. The van der Waals surface area contributed by atoms with E-state index < -0.39 is 12.2 Å². The van der Waals surface area contributed by atoms with Crippen molar-refractivity contribution in [2.24, 2.45) is 0 Å². The number of rotatable bonds is 1. The van der Waals surface area contributed by atoms with Crippen LogP contribution in [0.5, 0.6) is 5.75 Å². The maximum atomic E-state index is 12.1. The lowest BCUT2D eigenvalue weighted by Gasteiger charge is -2.30. The van der Waals surface area contributed by atoms with E-state index in [9.17, 15) is 14.7 Å². The minimum atomic E-state index is -0.555. The normalized spacial score (nSPS) is 26.8. The van der Waals surface area contributed by atoms with E-state index in [0.29, 0.717) is 18.5 Å². The summed E-state index contributed by atoms with van der Waals surface area (Å²) < 4.78 is 5.31. The fourth-order valence-corrected chi connectivity index (χ4v) is 2.38. The molecular weight excluding hydrogens is 236 g/mol. The quantitative estimate of drug-likeness (QED) is 0.554. The Balaban J connectivity index is 2.05. The average Bonchev–Trinajstić information content (AvgIpc) is 2.76. The number of nitrogens with two attached hydrogens (primary N) is 1. The summed E-state index contributed by atoms with van der Waals surface area (Å²) in [5.41, 5.74) is 6.24. The Kier molecular flexibility index (Phi) is 2.27. The highest BCUT2D eigenvalue weighted by atomic mass is 16.5. The van der Waals surface area contributed by atoms with Crippen molar-refractivity contribution in [1.82, 2.24) is 0 Å². The number of fused-ring (bicyclic) bond motifs is 2. The molecule has 0 saturated carbocycles. The van der Waals surface area contributed by atoms with Crippen molar-refractivity contribution >= 4 is 23.2 Å². The lowest BCUT2D eigenvalue weighted by atomic mass is 10.2. The molecule has 1 aromatic rings. The van der Waals surface area contributed by atoms with E-state index in [1.807, 2.05) is 0 Å². The average molecular weight is 248 g/mol. The molecule has 2 unspecified atom stereocenters. The standard InChI is InChI=1S/C12H12N2O4/c13-7-5-6(15)1-2-8(7)14-11(16)9-3-4-10(18-9)12(14)17/h1-2,5,9-10,15H,3-4,13H2. The zero-order valence-corrected chi connectivity index (χ0v) is 9.50. The molecule has 2 heterocycles. The zero-order chi connectivity index (χ0) is 12.9. The smallest absolute Gasteiger partial charge is 0.263 e. The van der Waals surface area contributed by atoms with Crippen LogP contribution in [0.2, 0.25) is 0 Å². The van der Waals surface area contributed by atoms with Crippen molar-refractivity contribution in [2.75, 3.05) is 10.6 Å². The van der Waals surface area contributed by atoms with Crippen LogP contribution in [0.25, 0.3) is 0 Å². The van der Waals surface area contributed by atoms with Crippen LogP contribution >= 0.6 is 0 Å². The van der Waals surface area contributed by atoms with Gasteiger partial charge >= 0.3 is 0 Å². The maximum Gasteiger partial charge on any atom is 0.263 e. The third-order valence-electron chi connectivity index (χ3n) is 3.26. The first-order valence-electron chi connectivity index (χ1n) is 5.69. The molecule has 94 valence electrons. The summed E-state index contributed by atoms with van der Waals surface area (Å²) in [5.74, 6) is -0.773. The van der Waals surface area contributed by atoms with E-state index in [0.717, 1.165) is 4.90 Å². The molecule has 6 heteroatoms. The molecule has 3 N–H and O–H groups in total. The number of nitrogen functional groups attached to an aromatic ring is 1. The number of benzene rings is 1. The molecule has 6 nitrogen and oxygen atoms in total. The number of imide groups is 1. The van der Waals surface area contributed by atoms with Gasteiger partial charge in [0.15, 0.2) is 0 Å². The van der Waals surface area contributed by atoms with Crippen LogP contribution in [-0.2, 0) is 14.3 Å². The Bertz CT molecular complexity index is 521. The first-order valence-corrected chi connectivity index (χ1v) is 5.69. The Morgan fingerprint density at radius 2 is 1.83 bits per heavy atom. The molecular formula is C12H12N2O4. The molecule has 1 aromatic carbocycles. The summed E-state index contributed by atoms with van der Waals surface area (Å²) in [5, 5.41) is 9.29. The van der Waals surface area contributed by atoms with Crippen LogP contribution in [-0.4, -0.2) is 29.1 Å². The number of carbonyl (C=O) groups excluding carboxylic acids is 2. The van der Waals surface area contributed by atoms with Crippen molar-refractivity contribution in [1.29, 1.82) is 0 Å². The molecule has 3 rings (SSSR count). The zero-order valence-electron chi connectivity index (χ0n) is 9.50. The summed E-state index contributed by atoms with van der Waals surface area (Å²) in [6.45, 7) is 0. The number of phenolic OH excluding ortho intramolecular Hbond substituents is 1. The Labute approximate surface area is 103 Å². The van der Waals surface area contributed by atoms with Gasteiger partial charge in [-0.15, -0.1) is 0 Å². The second-order valence-electron chi connectivity index (χ2n) is 4.45. The van der Waals surface area contributed by atoms with Gasteiger partial charge in [-0.25, -0.2) is 4.90 Å². The van der Waals surface area contributed by atoms with E-state index in [1.54, 1.807) is 0 Å². The molecule has 2 fully saturated rings. The van der Waals surface area contributed by atoms with Crippen LogP contribution in [0.3, 0.4) is 0 Å². The number of amides is 2. The number of hydrogen-bond acceptors (Lipinski definition) is 5. The Hall–Kier alpha value is -2.08. The number of anilines is 2. The third-order valence-corrected chi connectivity index (χ3v) is 3.26. The first kappa shape index (κ1) is 11.0. The molecule has 0 radical (unpaired) electrons. The molecule has 0 aromatic heterocycles. The Morgan fingerprint density at radius 3 is 2.39 bits per heavy atom. The van der Waals surface area contributed by atoms with Crippen molar-refractivity contribution in [2.45, 2.75) is 25.0 Å². The third kappa shape index (κ3) is 1.46. The summed E-state index contributed by atoms with van der Waals surface area (Å²) in [6.07, 6.45) is 0.00907. The van der Waals surface area contributed by atoms with Gasteiger partial charge in [0.2, 0.25) is 0 Å². The van der Waals surface area contributed by atoms with E-state index in [4.69, 9.17) is 10.5 Å². The number of carbonyl (C=O) groups is 2. The Morgan fingerprint density at radius 1 is 1.22 bits per heavy atom. The van der Waals surface area contributed by atoms with Crippen LogP contribution in [0, 0.1) is 0 Å². The fraction of sp³-hybridized carbons (Fsp3) is 0.333. The number of hydrogen-bond donors (Lipinski definition) is 2. The molecule has 2 amide bonds. The summed E-state index contributed by atoms with van der Waals surface area (Å²) in [7, 11) is 0. The van der Waals surface area contributed by atoms with E-state index >= 15 is 0 Å². The highest BCUT2D eigenvalue weighted by Gasteiger charge is 2.47. The molecule has 0 spiro atoms. The second-order valence-corrected chi connectivity index (χ2v) is 4.45. The molecule has 2 atom stereocenters. The highest BCUT2D eigenvalue weighted by molar-refractivity contribution is 6.21. The molecule has 2 aliphatic heterocycles. The molecule has 18 heavy (non-hydrogen) atoms. The van der Waals surface area contributed by atoms with Crippen LogP contribution < -0.4 is 10.6 Å². The SMILES string of the molecule is Nc1cc(O)ccc1N1C(=O)C2CCC(O2)C1=O. The predicted molar refractivity (Wildman–Crippen MR) is 62.9 cm³/mol. The maximum absolute atomic E-state index is 12.1. The van der Waals surface area contributed by atoms with Gasteiger partial charge in [-0.1, -0.05) is 0 Å². The minimum Gasteiger partial charge on any atom is -0.508 e. The van der Waals surface area contributed by atoms with Gasteiger partial charge in [0, 0.05) is 6.07 Å². The topological polar surface area (TPSA) is 92.9 Å². The van der Waals surface area contributed by atoms with Crippen molar-refractivity contribution in [3.63, 3.8) is 0 Å². The fourth-order valence-electron chi connectivity index (χ4n) is 2.38. The minimum absolute atomic E-state index is 0.00706. The van der Waals surface area contributed by atoms with Gasteiger partial charge in [0.05, 0.1) is 11.4 Å². The van der Waals surface area contributed by atoms with Crippen molar-refractivity contribution in [3.05, 3.63) is 18.2 Å². The predicted octanol–water partition coefficient (Wildman–Crippen LogP) is 0.395. The lowest BCUT2D eigenvalue weighted by molar-refractivity contribution is -0.146. The van der Waals surface area contributed by atoms with E-state index in [-0.39, 0.29) is 23.3 Å². The monoisotopic (exact) mass is 248 g/mol. The number of aromatic hydroxyl groups is 1. The summed E-state index contributed by atoms with van der Waals surface area (Å²) >= 11 is 0. The van der Waals surface area contributed by atoms with Crippen LogP contribution in [0.1, 0.15) is 12.8 Å². The van der Waals surface area contributed by atoms with Crippen LogP contribution in [0.15, 0.2) is 18.2 Å². The van der Waals surface area contributed by atoms with Gasteiger partial charge in [0.25, 0.3) is 11.8 Å². The number of ether oxygens (including phenoxy) is 1. The van der Waals surface area contributed by atoms with Crippen molar-refractivity contribution < 1.29 is 19.4 Å². The van der Waals surface area contributed by atoms with Gasteiger partial charge in [0.1, 0.15) is 18.0 Å². The number of phenols is 1. The molecule has 0 aliphatic carbocycles. The second kappa shape index (κ2) is 3.71. The van der Waals surface area contributed by atoms with E-state index in [1.165, 1.54) is 18.2 Å². The van der Waals surface area contributed by atoms with Gasteiger partial charge in [-0.05, 0) is 25.0 Å². The van der Waals surface area contributed by atoms with Crippen molar-refractivity contribution in [3.8, 4) is 5.75 Å². The first-order chi connectivity index (χ1) is 8.58. The van der Waals surface area contributed by atoms with Gasteiger partial charge < -0.3 is 15.6 Å². The summed E-state index contributed by atoms with van der Waals surface area (Å²) in [6, 6.07) is 4.17. The highest BCUT2D eigenvalue weighted by Crippen LogP contribution is 2.35. The van der Waals surface area contributed by atoms with E-state index in [2.05, 4.69) is 0 Å². The molecule has 2 aliphatic rings. The van der Waals surface area contributed by atoms with Gasteiger partial charge in [-0.3, -0.25) is 9.59 Å². The number of nitrogens with zero attached hydrogens (tertiary/aromatic N) is 1. The molecule has 2 saturated heterocycles. The van der Waals surface area contributed by atoms with Gasteiger partial charge in [-0.2, -0.15) is 0 Å².